The molecule has 0 aliphatic rings. The minimum atomic E-state index is 0.302. The molecule has 1 aromatic rings. The molecular weight excluding hydrogens is 188 g/mol. The monoisotopic (exact) mass is 208 g/mol. The molecule has 0 radical (unpaired) electrons. The van der Waals surface area contributed by atoms with E-state index >= 15 is 0 Å². The van der Waals surface area contributed by atoms with Crippen molar-refractivity contribution in [1.82, 2.24) is 10.3 Å². The van der Waals surface area contributed by atoms with Gasteiger partial charge in [-0.25, -0.2) is 0 Å². The molecule has 0 aromatic carbocycles. The third-order valence-corrected chi connectivity index (χ3v) is 2.44. The highest BCUT2D eigenvalue weighted by Crippen LogP contribution is 2.17. The van der Waals surface area contributed by atoms with E-state index in [1.54, 1.807) is 7.11 Å². The number of nitrogens with zero attached hydrogens (tertiary/aromatic N) is 1. The first-order chi connectivity index (χ1) is 7.29. The molecule has 0 saturated carbocycles. The van der Waals surface area contributed by atoms with Crippen LogP contribution in [0.3, 0.4) is 0 Å². The molecule has 15 heavy (non-hydrogen) atoms. The van der Waals surface area contributed by atoms with E-state index in [0.717, 1.165) is 25.3 Å². The van der Waals surface area contributed by atoms with Gasteiger partial charge in [0.05, 0.1) is 11.7 Å². The van der Waals surface area contributed by atoms with Gasteiger partial charge in [-0.2, -0.15) is 0 Å². The summed E-state index contributed by atoms with van der Waals surface area (Å²) in [5, 5.41) is 3.43. The predicted molar refractivity (Wildman–Crippen MR) is 61.9 cm³/mol. The number of aryl methyl sites for hydroxylation is 1. The molecule has 0 aliphatic carbocycles. The Morgan fingerprint density at radius 1 is 1.53 bits per heavy atom. The first-order valence-electron chi connectivity index (χ1n) is 5.43. The van der Waals surface area contributed by atoms with Crippen LogP contribution in [0.5, 0.6) is 0 Å². The van der Waals surface area contributed by atoms with Crippen molar-refractivity contribution in [3.63, 3.8) is 0 Å². The number of methoxy groups -OCH3 is 1. The van der Waals surface area contributed by atoms with E-state index < -0.39 is 0 Å². The number of aromatic nitrogens is 1. The third kappa shape index (κ3) is 3.61. The minimum Gasteiger partial charge on any atom is -0.385 e. The maximum absolute atomic E-state index is 5.11. The molecule has 3 nitrogen and oxygen atoms in total. The van der Waals surface area contributed by atoms with Crippen molar-refractivity contribution in [3.8, 4) is 0 Å². The lowest BCUT2D eigenvalue weighted by atomic mass is 10.1. The number of rotatable bonds is 6. The summed E-state index contributed by atoms with van der Waals surface area (Å²) in [5.41, 5.74) is 2.37. The Balaban J connectivity index is 2.74. The lowest BCUT2D eigenvalue weighted by molar-refractivity contribution is 0.182. The van der Waals surface area contributed by atoms with Gasteiger partial charge in [0.25, 0.3) is 0 Å². The number of hydrogen-bond acceptors (Lipinski definition) is 3. The molecule has 1 unspecified atom stereocenters. The van der Waals surface area contributed by atoms with E-state index in [0.29, 0.717) is 6.04 Å². The fraction of sp³-hybridized carbons (Fsp3) is 0.583. The zero-order chi connectivity index (χ0) is 11.1. The van der Waals surface area contributed by atoms with Gasteiger partial charge in [-0.1, -0.05) is 13.0 Å². The van der Waals surface area contributed by atoms with E-state index in [1.165, 1.54) is 5.56 Å². The Kier molecular flexibility index (Phi) is 5.29. The fourth-order valence-corrected chi connectivity index (χ4v) is 1.68. The van der Waals surface area contributed by atoms with Crippen LogP contribution in [0.1, 0.15) is 30.6 Å². The van der Waals surface area contributed by atoms with Gasteiger partial charge in [0.15, 0.2) is 0 Å². The van der Waals surface area contributed by atoms with E-state index in [9.17, 15) is 0 Å². The highest BCUT2D eigenvalue weighted by atomic mass is 16.5. The van der Waals surface area contributed by atoms with Crippen LogP contribution in [-0.2, 0) is 4.74 Å². The van der Waals surface area contributed by atoms with Gasteiger partial charge in [-0.05, 0) is 31.5 Å². The summed E-state index contributed by atoms with van der Waals surface area (Å²) in [6.45, 7) is 5.91. The third-order valence-electron chi connectivity index (χ3n) is 2.44. The van der Waals surface area contributed by atoms with Gasteiger partial charge in [-0.3, -0.25) is 4.98 Å². The maximum atomic E-state index is 5.11. The summed E-state index contributed by atoms with van der Waals surface area (Å²) in [6.07, 6.45) is 2.81. The van der Waals surface area contributed by atoms with Gasteiger partial charge in [-0.15, -0.1) is 0 Å². The lowest BCUT2D eigenvalue weighted by Crippen LogP contribution is -2.23. The molecule has 0 aliphatic heterocycles. The molecule has 1 N–H and O–H groups in total. The normalized spacial score (nSPS) is 12.7. The fourth-order valence-electron chi connectivity index (χ4n) is 1.68. The van der Waals surface area contributed by atoms with Crippen LogP contribution in [0, 0.1) is 6.92 Å². The molecule has 0 bridgehead atoms. The molecule has 0 amide bonds. The van der Waals surface area contributed by atoms with E-state index in [1.807, 2.05) is 12.3 Å². The van der Waals surface area contributed by atoms with Gasteiger partial charge < -0.3 is 10.1 Å². The SMILES string of the molecule is CCNC(CCOC)c1ncccc1C. The number of pyridine rings is 1. The zero-order valence-corrected chi connectivity index (χ0v) is 9.79. The highest BCUT2D eigenvalue weighted by Gasteiger charge is 2.12. The van der Waals surface area contributed by atoms with Gasteiger partial charge in [0.1, 0.15) is 0 Å². The molecule has 1 rings (SSSR count). The summed E-state index contributed by atoms with van der Waals surface area (Å²) in [7, 11) is 1.73. The number of hydrogen-bond donors (Lipinski definition) is 1. The van der Waals surface area contributed by atoms with Crippen LogP contribution in [0.25, 0.3) is 0 Å². The lowest BCUT2D eigenvalue weighted by Gasteiger charge is -2.18. The second-order valence-electron chi connectivity index (χ2n) is 3.60. The van der Waals surface area contributed by atoms with Gasteiger partial charge in [0, 0.05) is 19.9 Å². The van der Waals surface area contributed by atoms with Crippen molar-refractivity contribution in [2.75, 3.05) is 20.3 Å². The molecule has 0 fully saturated rings. The Bertz CT molecular complexity index is 289. The average molecular weight is 208 g/mol. The summed E-state index contributed by atoms with van der Waals surface area (Å²) >= 11 is 0. The number of nitrogens with one attached hydrogen (secondary N) is 1. The molecule has 1 atom stereocenters. The average Bonchev–Trinajstić information content (AvgIpc) is 2.25. The predicted octanol–water partition coefficient (Wildman–Crippen LogP) is 2.08. The van der Waals surface area contributed by atoms with Crippen molar-refractivity contribution < 1.29 is 4.74 Å². The summed E-state index contributed by atoms with van der Waals surface area (Å²) in [5.74, 6) is 0. The van der Waals surface area contributed by atoms with Crippen molar-refractivity contribution >= 4 is 0 Å². The Morgan fingerprint density at radius 3 is 2.93 bits per heavy atom. The van der Waals surface area contributed by atoms with Crippen LogP contribution in [0.2, 0.25) is 0 Å². The second kappa shape index (κ2) is 6.53. The van der Waals surface area contributed by atoms with Crippen LogP contribution < -0.4 is 5.32 Å². The van der Waals surface area contributed by atoms with Crippen LogP contribution in [0.4, 0.5) is 0 Å². The van der Waals surface area contributed by atoms with Crippen LogP contribution >= 0.6 is 0 Å². The molecule has 1 heterocycles. The first kappa shape index (κ1) is 12.1. The molecule has 0 spiro atoms. The van der Waals surface area contributed by atoms with E-state index in [-0.39, 0.29) is 0 Å². The first-order valence-corrected chi connectivity index (χ1v) is 5.43. The van der Waals surface area contributed by atoms with Crippen LogP contribution in [0.15, 0.2) is 18.3 Å². The van der Waals surface area contributed by atoms with E-state index in [4.69, 9.17) is 4.74 Å². The topological polar surface area (TPSA) is 34.1 Å². The maximum Gasteiger partial charge on any atom is 0.0603 e. The van der Waals surface area contributed by atoms with Gasteiger partial charge in [0.2, 0.25) is 0 Å². The largest absolute Gasteiger partial charge is 0.385 e. The molecule has 84 valence electrons. The molecular formula is C12H20N2O. The second-order valence-corrected chi connectivity index (χ2v) is 3.60. The summed E-state index contributed by atoms with van der Waals surface area (Å²) in [6, 6.07) is 4.37. The van der Waals surface area contributed by atoms with E-state index in [2.05, 4.69) is 30.2 Å². The van der Waals surface area contributed by atoms with Crippen molar-refractivity contribution in [2.45, 2.75) is 26.3 Å². The van der Waals surface area contributed by atoms with Gasteiger partial charge >= 0.3 is 0 Å². The Labute approximate surface area is 91.9 Å². The minimum absolute atomic E-state index is 0.302. The summed E-state index contributed by atoms with van der Waals surface area (Å²) in [4.78, 5) is 4.43. The van der Waals surface area contributed by atoms with Crippen LogP contribution in [-0.4, -0.2) is 25.2 Å². The standard InChI is InChI=1S/C12H20N2O/c1-4-13-11(7-9-15-3)12-10(2)6-5-8-14-12/h5-6,8,11,13H,4,7,9H2,1-3H3. The molecule has 3 heteroatoms. The quantitative estimate of drug-likeness (QED) is 0.777. The van der Waals surface area contributed by atoms with Crippen molar-refractivity contribution in [3.05, 3.63) is 29.6 Å². The number of ether oxygens (including phenoxy) is 1. The zero-order valence-electron chi connectivity index (χ0n) is 9.79. The molecule has 0 saturated heterocycles. The Hall–Kier alpha value is -0.930. The highest BCUT2D eigenvalue weighted by molar-refractivity contribution is 5.21. The Morgan fingerprint density at radius 2 is 2.33 bits per heavy atom. The summed E-state index contributed by atoms with van der Waals surface area (Å²) < 4.78 is 5.11. The van der Waals surface area contributed by atoms with Crippen molar-refractivity contribution in [2.24, 2.45) is 0 Å². The smallest absolute Gasteiger partial charge is 0.0603 e. The van der Waals surface area contributed by atoms with Crippen molar-refractivity contribution in [1.29, 1.82) is 0 Å². The molecule has 1 aromatic heterocycles.